The van der Waals surface area contributed by atoms with Gasteiger partial charge in [-0.1, -0.05) is 0 Å². The average Bonchev–Trinajstić information content (AvgIpc) is 3.07. The van der Waals surface area contributed by atoms with Crippen molar-refractivity contribution in [2.75, 3.05) is 0 Å². The van der Waals surface area contributed by atoms with Crippen LogP contribution >= 0.6 is 11.8 Å². The maximum atomic E-state index is 12.3. The van der Waals surface area contributed by atoms with Gasteiger partial charge < -0.3 is 0 Å². The number of rotatable bonds is 3. The summed E-state index contributed by atoms with van der Waals surface area (Å²) in [6.45, 7) is 0. The number of benzene rings is 2. The molecule has 6 rings (SSSR count). The van der Waals surface area contributed by atoms with E-state index >= 15 is 0 Å². The third-order valence-electron chi connectivity index (χ3n) is 5.23. The van der Waals surface area contributed by atoms with Crippen LogP contribution in [-0.2, 0) is 11.2 Å². The Labute approximate surface area is 152 Å². The first-order valence-electron chi connectivity index (χ1n) is 8.10. The molecule has 0 saturated carbocycles. The van der Waals surface area contributed by atoms with Crippen molar-refractivity contribution >= 4 is 53.7 Å². The number of carbonyl (C=O) groups is 2. The monoisotopic (exact) mass is 435 g/mol. The first kappa shape index (κ1) is 14.8. The molecule has 0 aromatic heterocycles. The summed E-state index contributed by atoms with van der Waals surface area (Å²) in [6, 6.07) is 17.2. The van der Waals surface area contributed by atoms with Gasteiger partial charge >= 0.3 is 153 Å². The number of allylic oxidation sites excluding steroid dienone is 1. The molecule has 116 valence electrons. The summed E-state index contributed by atoms with van der Waals surface area (Å²) in [5, 5.41) is 2.05. The standard InChI is InChI=1S/C19H14NO2S.In/c21-18-17(23-19(22)20-18)13-16-11-5-10-15(12-16)9-4-8-14-6-2-1-3-7-14;/h1-3,5-7,9,11-13,17H,8H2,(H,20,21,22);. The van der Waals surface area contributed by atoms with Crippen molar-refractivity contribution in [3.63, 3.8) is 0 Å². The predicted molar refractivity (Wildman–Crippen MR) is 97.6 cm³/mol. The Balaban J connectivity index is 1.53. The van der Waals surface area contributed by atoms with Crippen LogP contribution in [0.5, 0.6) is 0 Å². The van der Waals surface area contributed by atoms with E-state index in [1.807, 2.05) is 6.07 Å². The minimum absolute atomic E-state index is 0.0957. The van der Waals surface area contributed by atoms with Crippen LogP contribution in [0.3, 0.4) is 0 Å². The van der Waals surface area contributed by atoms with Crippen LogP contribution in [-0.4, -0.2) is 37.8 Å². The summed E-state index contributed by atoms with van der Waals surface area (Å²) < 4.78 is 3.33. The topological polar surface area (TPSA) is 46.2 Å². The van der Waals surface area contributed by atoms with Crippen LogP contribution in [0.15, 0.2) is 51.9 Å². The molecule has 5 heteroatoms. The molecule has 2 atom stereocenters. The van der Waals surface area contributed by atoms with E-state index in [1.54, 1.807) is 3.33 Å². The molecule has 4 heterocycles. The molecule has 2 aromatic rings. The van der Waals surface area contributed by atoms with Crippen LogP contribution in [0.2, 0.25) is 0 Å². The number of amides is 2. The summed E-state index contributed by atoms with van der Waals surface area (Å²) in [6.07, 6.45) is 3.35. The Hall–Kier alpha value is -1.46. The van der Waals surface area contributed by atoms with Gasteiger partial charge in [-0.2, -0.15) is 0 Å². The average molecular weight is 435 g/mol. The molecule has 2 aromatic carbocycles. The van der Waals surface area contributed by atoms with Crippen molar-refractivity contribution in [3.8, 4) is 0 Å². The van der Waals surface area contributed by atoms with E-state index in [4.69, 9.17) is 0 Å². The normalized spacial score (nSPS) is 23.7. The zero-order valence-electron chi connectivity index (χ0n) is 12.9. The van der Waals surface area contributed by atoms with Crippen molar-refractivity contribution in [1.29, 1.82) is 0 Å². The molecular weight excluding hydrogens is 421 g/mol. The number of hydrogen-bond donors (Lipinski definition) is 1. The zero-order valence-corrected chi connectivity index (χ0v) is 17.0. The van der Waals surface area contributed by atoms with E-state index in [-0.39, 0.29) is 20.1 Å². The predicted octanol–water partition coefficient (Wildman–Crippen LogP) is 2.56. The molecule has 3 nitrogen and oxygen atoms in total. The Bertz CT molecular complexity index is 909. The number of imide groups is 1. The van der Waals surface area contributed by atoms with E-state index < -0.39 is 21.4 Å². The third-order valence-corrected chi connectivity index (χ3v) is 18.1. The molecule has 0 radical (unpaired) electrons. The van der Waals surface area contributed by atoms with Crippen LogP contribution in [0.4, 0.5) is 4.79 Å². The second-order valence-electron chi connectivity index (χ2n) is 6.59. The molecule has 24 heavy (non-hydrogen) atoms. The summed E-state index contributed by atoms with van der Waals surface area (Å²) in [5.41, 5.74) is 3.96. The van der Waals surface area contributed by atoms with Gasteiger partial charge in [-0.25, -0.2) is 0 Å². The summed E-state index contributed by atoms with van der Waals surface area (Å²) in [5.74, 6) is -0.0957. The van der Waals surface area contributed by atoms with Crippen LogP contribution in [0.1, 0.15) is 20.4 Å². The fourth-order valence-corrected chi connectivity index (χ4v) is 18.3. The van der Waals surface area contributed by atoms with E-state index in [0.717, 1.165) is 6.42 Å². The molecule has 0 spiro atoms. The fourth-order valence-electron chi connectivity index (χ4n) is 4.26. The van der Waals surface area contributed by atoms with Gasteiger partial charge in [0, 0.05) is 0 Å². The zero-order chi connectivity index (χ0) is 16.3. The maximum absolute atomic E-state index is 12.3. The second-order valence-corrected chi connectivity index (χ2v) is 16.4. The molecule has 2 unspecified atom stereocenters. The molecule has 4 aliphatic heterocycles. The van der Waals surface area contributed by atoms with Crippen LogP contribution in [0.25, 0.3) is 6.08 Å². The molecule has 1 saturated heterocycles. The van der Waals surface area contributed by atoms with E-state index in [2.05, 4.69) is 53.9 Å². The van der Waals surface area contributed by atoms with Gasteiger partial charge in [0.2, 0.25) is 0 Å². The third kappa shape index (κ3) is 2.21. The van der Waals surface area contributed by atoms with Gasteiger partial charge in [-0.3, -0.25) is 0 Å². The molecule has 4 aliphatic rings. The van der Waals surface area contributed by atoms with Gasteiger partial charge in [-0.15, -0.1) is 0 Å². The number of hydrogen-bond acceptors (Lipinski definition) is 3. The Morgan fingerprint density at radius 1 is 1.08 bits per heavy atom. The van der Waals surface area contributed by atoms with E-state index in [9.17, 15) is 9.59 Å². The quantitative estimate of drug-likeness (QED) is 0.807. The molecular formula is C19H14InNO2S. The Morgan fingerprint density at radius 2 is 1.92 bits per heavy atom. The summed E-state index contributed by atoms with van der Waals surface area (Å²) in [7, 11) is 0. The van der Waals surface area contributed by atoms with Gasteiger partial charge in [-0.05, 0) is 0 Å². The Kier molecular flexibility index (Phi) is 3.42. The number of carbonyl (C=O) groups excluding carboxylic acids is 2. The molecule has 1 N–H and O–H groups in total. The molecule has 2 amide bonds. The number of fused-ring (bicyclic) bond motifs is 1. The van der Waals surface area contributed by atoms with Crippen molar-refractivity contribution in [1.82, 2.24) is 5.32 Å². The minimum atomic E-state index is -2.33. The number of thioether (sulfide) groups is 1. The van der Waals surface area contributed by atoms with Crippen molar-refractivity contribution < 1.29 is 9.59 Å². The van der Waals surface area contributed by atoms with E-state index in [1.165, 1.54) is 31.8 Å². The van der Waals surface area contributed by atoms with E-state index in [0.29, 0.717) is 0 Å². The summed E-state index contributed by atoms with van der Waals surface area (Å²) in [4.78, 5) is 24.0. The molecule has 4 bridgehead atoms. The van der Waals surface area contributed by atoms with Crippen LogP contribution < -0.4 is 8.64 Å². The van der Waals surface area contributed by atoms with Crippen molar-refractivity contribution in [2.45, 2.75) is 15.3 Å². The molecule has 0 aliphatic carbocycles. The van der Waals surface area contributed by atoms with Crippen molar-refractivity contribution in [2.24, 2.45) is 0 Å². The number of nitrogens with one attached hydrogen (secondary N) is 1. The first-order valence-corrected chi connectivity index (χ1v) is 14.2. The first-order chi connectivity index (χ1) is 11.7. The van der Waals surface area contributed by atoms with Crippen molar-refractivity contribution in [3.05, 3.63) is 68.6 Å². The Morgan fingerprint density at radius 3 is 2.67 bits per heavy atom. The fraction of sp³-hybridized carbons (Fsp3) is 0.158. The van der Waals surface area contributed by atoms with Gasteiger partial charge in [0.1, 0.15) is 0 Å². The molecule has 1 fully saturated rings. The van der Waals surface area contributed by atoms with Gasteiger partial charge in [0.15, 0.2) is 0 Å². The summed E-state index contributed by atoms with van der Waals surface area (Å²) >= 11 is -1.13. The van der Waals surface area contributed by atoms with Crippen LogP contribution in [0, 0.1) is 0 Å². The van der Waals surface area contributed by atoms with Gasteiger partial charge in [0.25, 0.3) is 0 Å². The second kappa shape index (κ2) is 5.53. The SMILES string of the molecule is O=C1NC(=O)C([CH]2c3cc[c]4c(c3)C=[C](Cc3ccccc3)[In]42)S1. The van der Waals surface area contributed by atoms with Gasteiger partial charge in [0.05, 0.1) is 0 Å².